The maximum atomic E-state index is 12.5. The van der Waals surface area contributed by atoms with Gasteiger partial charge in [0.1, 0.15) is 22.7 Å². The number of aryl methyl sites for hydroxylation is 1. The number of hydrogen-bond donors (Lipinski definition) is 1. The van der Waals surface area contributed by atoms with E-state index in [1.54, 1.807) is 24.3 Å². The summed E-state index contributed by atoms with van der Waals surface area (Å²) in [5.41, 5.74) is -0.195. The number of hydrogen-bond acceptors (Lipinski definition) is 5. The highest BCUT2D eigenvalue weighted by Crippen LogP contribution is 2.20. The molecule has 2 heterocycles. The Labute approximate surface area is 157 Å². The Hall–Kier alpha value is -2.57. The van der Waals surface area contributed by atoms with Crippen LogP contribution < -0.4 is 10.9 Å². The first kappa shape index (κ1) is 19.8. The summed E-state index contributed by atoms with van der Waals surface area (Å²) < 4.78 is 10.9. The molecule has 0 aliphatic carbocycles. The summed E-state index contributed by atoms with van der Waals surface area (Å²) in [5, 5.41) is 3.50. The molecule has 1 atom stereocenters. The van der Waals surface area contributed by atoms with Gasteiger partial charge in [-0.05, 0) is 45.3 Å². The first-order chi connectivity index (χ1) is 12.0. The fraction of sp³-hybridized carbons (Fsp3) is 0.263. The van der Waals surface area contributed by atoms with Crippen molar-refractivity contribution in [2.75, 3.05) is 20.6 Å². The number of carbonyl (C=O) groups excluding carboxylic acids is 1. The number of benzene rings is 1. The van der Waals surface area contributed by atoms with Crippen molar-refractivity contribution >= 4 is 29.3 Å². The molecule has 26 heavy (non-hydrogen) atoms. The number of nitrogens with one attached hydrogen (secondary N) is 1. The van der Waals surface area contributed by atoms with Crippen LogP contribution in [0.5, 0.6) is 0 Å². The second-order valence-corrected chi connectivity index (χ2v) is 6.12. The van der Waals surface area contributed by atoms with Gasteiger partial charge >= 0.3 is 5.63 Å². The van der Waals surface area contributed by atoms with E-state index in [0.717, 1.165) is 11.5 Å². The lowest BCUT2D eigenvalue weighted by molar-refractivity contribution is 0.0935. The number of carbonyl (C=O) groups is 1. The van der Waals surface area contributed by atoms with Crippen LogP contribution in [0.3, 0.4) is 0 Å². The topological polar surface area (TPSA) is 75.7 Å². The number of para-hydroxylation sites is 1. The van der Waals surface area contributed by atoms with Crippen molar-refractivity contribution in [3.05, 3.63) is 70.0 Å². The number of halogens is 1. The molecule has 0 saturated carbocycles. The molecule has 1 N–H and O–H groups in total. The van der Waals surface area contributed by atoms with Gasteiger partial charge in [-0.15, -0.1) is 12.4 Å². The van der Waals surface area contributed by atoms with Gasteiger partial charge < -0.3 is 14.2 Å². The summed E-state index contributed by atoms with van der Waals surface area (Å²) in [6.07, 6.45) is 0. The molecule has 1 unspecified atom stereocenters. The van der Waals surface area contributed by atoms with Crippen LogP contribution in [0, 0.1) is 6.92 Å². The molecule has 0 fully saturated rings. The summed E-state index contributed by atoms with van der Waals surface area (Å²) in [6.45, 7) is 2.18. The molecular weight excluding hydrogens is 356 g/mol. The van der Waals surface area contributed by atoms with Crippen molar-refractivity contribution in [2.45, 2.75) is 13.0 Å². The Kier molecular flexibility index (Phi) is 6.23. The van der Waals surface area contributed by atoms with Gasteiger partial charge in [-0.3, -0.25) is 9.69 Å². The fourth-order valence-corrected chi connectivity index (χ4v) is 2.67. The molecule has 0 saturated heterocycles. The molecule has 138 valence electrons. The van der Waals surface area contributed by atoms with Gasteiger partial charge in [0.05, 0.1) is 6.04 Å². The standard InChI is InChI=1S/C19H20N2O4.ClH/c1-12-8-9-17(24-12)15(21(2)3)11-20-18(22)14-10-13-6-4-5-7-16(13)25-19(14)23;/h4-10,15H,11H2,1-3H3,(H,20,22);1H. The minimum absolute atomic E-state index is 0. The third kappa shape index (κ3) is 4.15. The van der Waals surface area contributed by atoms with E-state index in [4.69, 9.17) is 8.83 Å². The van der Waals surface area contributed by atoms with E-state index in [1.165, 1.54) is 0 Å². The van der Waals surface area contributed by atoms with Crippen LogP contribution in [-0.4, -0.2) is 31.4 Å². The highest BCUT2D eigenvalue weighted by Gasteiger charge is 2.20. The molecule has 3 aromatic rings. The van der Waals surface area contributed by atoms with E-state index < -0.39 is 11.5 Å². The van der Waals surface area contributed by atoms with E-state index in [0.29, 0.717) is 17.5 Å². The quantitative estimate of drug-likeness (QED) is 0.692. The summed E-state index contributed by atoms with van der Waals surface area (Å²) in [7, 11) is 3.80. The van der Waals surface area contributed by atoms with Crippen molar-refractivity contribution in [1.29, 1.82) is 0 Å². The second-order valence-electron chi connectivity index (χ2n) is 6.12. The van der Waals surface area contributed by atoms with Crippen molar-refractivity contribution in [1.82, 2.24) is 10.2 Å². The van der Waals surface area contributed by atoms with Gasteiger partial charge in [-0.1, -0.05) is 18.2 Å². The van der Waals surface area contributed by atoms with Crippen LogP contribution in [0.1, 0.15) is 27.9 Å². The lowest BCUT2D eigenvalue weighted by Crippen LogP contribution is -2.36. The predicted molar refractivity (Wildman–Crippen MR) is 102 cm³/mol. The molecule has 7 heteroatoms. The highest BCUT2D eigenvalue weighted by atomic mass is 35.5. The monoisotopic (exact) mass is 376 g/mol. The van der Waals surface area contributed by atoms with Crippen molar-refractivity contribution < 1.29 is 13.6 Å². The highest BCUT2D eigenvalue weighted by molar-refractivity contribution is 5.96. The molecule has 0 bridgehead atoms. The Balaban J connectivity index is 0.00000243. The van der Waals surface area contributed by atoms with E-state index in [1.807, 2.05) is 44.1 Å². The van der Waals surface area contributed by atoms with Crippen LogP contribution in [0.15, 0.2) is 56.1 Å². The lowest BCUT2D eigenvalue weighted by atomic mass is 10.1. The van der Waals surface area contributed by atoms with Gasteiger partial charge in [0.2, 0.25) is 0 Å². The van der Waals surface area contributed by atoms with E-state index in [2.05, 4.69) is 5.32 Å². The first-order valence-electron chi connectivity index (χ1n) is 7.99. The molecule has 0 aliphatic rings. The summed E-state index contributed by atoms with van der Waals surface area (Å²) in [4.78, 5) is 26.5. The molecule has 0 aliphatic heterocycles. The van der Waals surface area contributed by atoms with Gasteiger partial charge in [0.15, 0.2) is 0 Å². The molecule has 0 spiro atoms. The van der Waals surface area contributed by atoms with Gasteiger partial charge in [0.25, 0.3) is 5.91 Å². The number of nitrogens with zero attached hydrogens (tertiary/aromatic N) is 1. The van der Waals surface area contributed by atoms with E-state index >= 15 is 0 Å². The molecule has 6 nitrogen and oxygen atoms in total. The van der Waals surface area contributed by atoms with Crippen molar-refractivity contribution in [3.63, 3.8) is 0 Å². The van der Waals surface area contributed by atoms with Crippen LogP contribution >= 0.6 is 12.4 Å². The largest absolute Gasteiger partial charge is 0.465 e. The first-order valence-corrected chi connectivity index (χ1v) is 7.99. The minimum Gasteiger partial charge on any atom is -0.465 e. The van der Waals surface area contributed by atoms with Gasteiger partial charge in [-0.25, -0.2) is 4.79 Å². The Morgan fingerprint density at radius 2 is 1.88 bits per heavy atom. The Morgan fingerprint density at radius 1 is 1.15 bits per heavy atom. The maximum Gasteiger partial charge on any atom is 0.349 e. The SMILES string of the molecule is Cc1ccc(C(CNC(=O)c2cc3ccccc3oc2=O)N(C)C)o1.Cl. The normalized spacial score (nSPS) is 12.0. The fourth-order valence-electron chi connectivity index (χ4n) is 2.67. The Morgan fingerprint density at radius 3 is 2.54 bits per heavy atom. The minimum atomic E-state index is -0.647. The van der Waals surface area contributed by atoms with Crippen LogP contribution in [0.4, 0.5) is 0 Å². The average molecular weight is 377 g/mol. The summed E-state index contributed by atoms with van der Waals surface area (Å²) in [5.74, 6) is 1.10. The number of amides is 1. The zero-order chi connectivity index (χ0) is 18.0. The molecule has 0 radical (unpaired) electrons. The average Bonchev–Trinajstić information content (AvgIpc) is 3.00. The van der Waals surface area contributed by atoms with Crippen molar-refractivity contribution in [2.24, 2.45) is 0 Å². The Bertz CT molecular complexity index is 961. The molecule has 3 rings (SSSR count). The summed E-state index contributed by atoms with van der Waals surface area (Å²) in [6, 6.07) is 12.3. The van der Waals surface area contributed by atoms with Gasteiger partial charge in [0, 0.05) is 11.9 Å². The smallest absolute Gasteiger partial charge is 0.349 e. The second kappa shape index (κ2) is 8.21. The van der Waals surface area contributed by atoms with Crippen LogP contribution in [-0.2, 0) is 0 Å². The van der Waals surface area contributed by atoms with E-state index in [9.17, 15) is 9.59 Å². The van der Waals surface area contributed by atoms with E-state index in [-0.39, 0.29) is 24.0 Å². The lowest BCUT2D eigenvalue weighted by Gasteiger charge is -2.22. The zero-order valence-corrected chi connectivity index (χ0v) is 15.6. The predicted octanol–water partition coefficient (Wildman–Crippen LogP) is 3.15. The number of likely N-dealkylation sites (N-methyl/N-ethyl adjacent to an activating group) is 1. The maximum absolute atomic E-state index is 12.5. The number of fused-ring (bicyclic) bond motifs is 1. The zero-order valence-electron chi connectivity index (χ0n) is 14.8. The molecular formula is C19H21ClN2O4. The third-order valence-electron chi connectivity index (χ3n) is 4.05. The van der Waals surface area contributed by atoms with Crippen molar-refractivity contribution in [3.8, 4) is 0 Å². The third-order valence-corrected chi connectivity index (χ3v) is 4.05. The molecule has 1 aromatic carbocycles. The molecule has 2 aromatic heterocycles. The van der Waals surface area contributed by atoms with Crippen LogP contribution in [0.25, 0.3) is 11.0 Å². The number of furan rings is 1. The number of rotatable bonds is 5. The van der Waals surface area contributed by atoms with Gasteiger partial charge in [-0.2, -0.15) is 0 Å². The van der Waals surface area contributed by atoms with Crippen LogP contribution in [0.2, 0.25) is 0 Å². The summed E-state index contributed by atoms with van der Waals surface area (Å²) >= 11 is 0. The molecule has 1 amide bonds.